The molecule has 4 heteroatoms. The largest absolute Gasteiger partial charge is 0.341 e. The standard InChI is InChI=1S/C15H28N2OS/c1-15(2)6-7-17(14(18)13(10-15)16-3)11-12-4-8-19-9-5-12/h12-13,16H,4-11H2,1-3H3. The highest BCUT2D eigenvalue weighted by atomic mass is 32.2. The predicted molar refractivity (Wildman–Crippen MR) is 82.5 cm³/mol. The number of likely N-dealkylation sites (tertiary alicyclic amines) is 1. The number of hydrogen-bond donors (Lipinski definition) is 1. The van der Waals surface area contributed by atoms with Gasteiger partial charge < -0.3 is 10.2 Å². The van der Waals surface area contributed by atoms with Crippen molar-refractivity contribution < 1.29 is 4.79 Å². The van der Waals surface area contributed by atoms with E-state index >= 15 is 0 Å². The number of carbonyl (C=O) groups is 1. The van der Waals surface area contributed by atoms with Gasteiger partial charge in [0.2, 0.25) is 5.91 Å². The first kappa shape index (κ1) is 15.2. The Morgan fingerprint density at radius 1 is 1.37 bits per heavy atom. The molecular weight excluding hydrogens is 256 g/mol. The van der Waals surface area contributed by atoms with Crippen LogP contribution < -0.4 is 5.32 Å². The summed E-state index contributed by atoms with van der Waals surface area (Å²) in [6, 6.07) is 0.00969. The minimum Gasteiger partial charge on any atom is -0.341 e. The average molecular weight is 284 g/mol. The topological polar surface area (TPSA) is 32.3 Å². The van der Waals surface area contributed by atoms with Crippen LogP contribution >= 0.6 is 11.8 Å². The van der Waals surface area contributed by atoms with Crippen molar-refractivity contribution in [3.63, 3.8) is 0 Å². The summed E-state index contributed by atoms with van der Waals surface area (Å²) in [5.74, 6) is 3.59. The van der Waals surface area contributed by atoms with Crippen LogP contribution in [0.3, 0.4) is 0 Å². The van der Waals surface area contributed by atoms with Crippen molar-refractivity contribution in [1.29, 1.82) is 0 Å². The molecule has 19 heavy (non-hydrogen) atoms. The lowest BCUT2D eigenvalue weighted by Crippen LogP contribution is -2.46. The number of thioether (sulfide) groups is 1. The fourth-order valence-corrected chi connectivity index (χ4v) is 4.36. The van der Waals surface area contributed by atoms with Gasteiger partial charge in [0.1, 0.15) is 0 Å². The average Bonchev–Trinajstić information content (AvgIpc) is 2.51. The van der Waals surface area contributed by atoms with E-state index in [0.29, 0.717) is 5.91 Å². The van der Waals surface area contributed by atoms with Crippen LogP contribution in [0.25, 0.3) is 0 Å². The van der Waals surface area contributed by atoms with Gasteiger partial charge in [0.05, 0.1) is 6.04 Å². The lowest BCUT2D eigenvalue weighted by atomic mass is 9.83. The number of carbonyl (C=O) groups excluding carboxylic acids is 1. The number of nitrogens with zero attached hydrogens (tertiary/aromatic N) is 1. The van der Waals surface area contributed by atoms with Gasteiger partial charge in [0, 0.05) is 13.1 Å². The Bertz CT molecular complexity index is 313. The highest BCUT2D eigenvalue weighted by Gasteiger charge is 2.35. The number of rotatable bonds is 3. The van der Waals surface area contributed by atoms with E-state index < -0.39 is 0 Å². The van der Waals surface area contributed by atoms with E-state index in [-0.39, 0.29) is 11.5 Å². The number of nitrogens with one attached hydrogen (secondary N) is 1. The Morgan fingerprint density at radius 2 is 2.05 bits per heavy atom. The van der Waals surface area contributed by atoms with Gasteiger partial charge >= 0.3 is 0 Å². The van der Waals surface area contributed by atoms with Crippen molar-refractivity contribution in [3.8, 4) is 0 Å². The summed E-state index contributed by atoms with van der Waals surface area (Å²) in [5, 5.41) is 3.22. The van der Waals surface area contributed by atoms with Crippen LogP contribution in [-0.2, 0) is 4.79 Å². The summed E-state index contributed by atoms with van der Waals surface area (Å²) in [4.78, 5) is 14.7. The van der Waals surface area contributed by atoms with Crippen molar-refractivity contribution in [3.05, 3.63) is 0 Å². The Morgan fingerprint density at radius 3 is 2.68 bits per heavy atom. The van der Waals surface area contributed by atoms with E-state index in [2.05, 4.69) is 35.8 Å². The molecule has 0 aromatic rings. The first-order valence-electron chi connectivity index (χ1n) is 7.55. The number of amides is 1. The molecule has 1 atom stereocenters. The van der Waals surface area contributed by atoms with Crippen LogP contribution in [0, 0.1) is 11.3 Å². The van der Waals surface area contributed by atoms with E-state index in [1.807, 2.05) is 7.05 Å². The molecule has 1 N–H and O–H groups in total. The Balaban J connectivity index is 1.99. The quantitative estimate of drug-likeness (QED) is 0.863. The van der Waals surface area contributed by atoms with Crippen LogP contribution in [0.4, 0.5) is 0 Å². The van der Waals surface area contributed by atoms with Gasteiger partial charge in [-0.25, -0.2) is 0 Å². The van der Waals surface area contributed by atoms with Gasteiger partial charge in [-0.05, 0) is 55.6 Å². The SMILES string of the molecule is CNC1CC(C)(C)CCN(CC2CCSCC2)C1=O. The maximum atomic E-state index is 12.6. The first-order valence-corrected chi connectivity index (χ1v) is 8.71. The van der Waals surface area contributed by atoms with Crippen molar-refractivity contribution in [2.24, 2.45) is 11.3 Å². The molecule has 0 aromatic carbocycles. The van der Waals surface area contributed by atoms with Crippen LogP contribution in [-0.4, -0.2) is 48.5 Å². The molecule has 2 aliphatic rings. The molecule has 0 spiro atoms. The van der Waals surface area contributed by atoms with Gasteiger partial charge in [0.25, 0.3) is 0 Å². The molecule has 2 aliphatic heterocycles. The summed E-state index contributed by atoms with van der Waals surface area (Å²) in [6.07, 6.45) is 4.64. The second-order valence-electron chi connectivity index (χ2n) is 6.80. The number of hydrogen-bond acceptors (Lipinski definition) is 3. The molecule has 2 rings (SSSR count). The predicted octanol–water partition coefficient (Wildman–Crippen LogP) is 2.37. The maximum absolute atomic E-state index is 12.6. The molecule has 0 bridgehead atoms. The summed E-state index contributed by atoms with van der Waals surface area (Å²) in [5.41, 5.74) is 0.264. The molecule has 2 fully saturated rings. The fourth-order valence-electron chi connectivity index (χ4n) is 3.16. The number of likely N-dealkylation sites (N-methyl/N-ethyl adjacent to an activating group) is 1. The molecule has 2 saturated heterocycles. The van der Waals surface area contributed by atoms with Gasteiger partial charge in [-0.3, -0.25) is 4.79 Å². The molecule has 3 nitrogen and oxygen atoms in total. The second kappa shape index (κ2) is 6.49. The summed E-state index contributed by atoms with van der Waals surface area (Å²) in [6.45, 7) is 6.48. The molecule has 1 unspecified atom stereocenters. The minimum atomic E-state index is 0.00969. The van der Waals surface area contributed by atoms with Gasteiger partial charge in [-0.15, -0.1) is 0 Å². The molecule has 110 valence electrons. The highest BCUT2D eigenvalue weighted by molar-refractivity contribution is 7.99. The Hall–Kier alpha value is -0.220. The molecule has 0 aromatic heterocycles. The highest BCUT2D eigenvalue weighted by Crippen LogP contribution is 2.32. The Kier molecular flexibility index (Phi) is 5.18. The van der Waals surface area contributed by atoms with Crippen molar-refractivity contribution in [1.82, 2.24) is 10.2 Å². The molecule has 0 saturated carbocycles. The normalized spacial score (nSPS) is 29.3. The third kappa shape index (κ3) is 4.12. The molecular formula is C15H28N2OS. The van der Waals surface area contributed by atoms with E-state index in [1.165, 1.54) is 24.3 Å². The lowest BCUT2D eigenvalue weighted by molar-refractivity contribution is -0.133. The van der Waals surface area contributed by atoms with Gasteiger partial charge in [-0.1, -0.05) is 13.8 Å². The van der Waals surface area contributed by atoms with Crippen LogP contribution in [0.2, 0.25) is 0 Å². The summed E-state index contributed by atoms with van der Waals surface area (Å²) < 4.78 is 0. The van der Waals surface area contributed by atoms with Crippen molar-refractivity contribution in [2.45, 2.75) is 45.6 Å². The smallest absolute Gasteiger partial charge is 0.239 e. The van der Waals surface area contributed by atoms with Crippen LogP contribution in [0.15, 0.2) is 0 Å². The van der Waals surface area contributed by atoms with Crippen molar-refractivity contribution >= 4 is 17.7 Å². The third-order valence-electron chi connectivity index (χ3n) is 4.59. The molecule has 2 heterocycles. The van der Waals surface area contributed by atoms with Crippen molar-refractivity contribution in [2.75, 3.05) is 31.6 Å². The molecule has 1 amide bonds. The van der Waals surface area contributed by atoms with Crippen LogP contribution in [0.5, 0.6) is 0 Å². The molecule has 0 aliphatic carbocycles. The second-order valence-corrected chi connectivity index (χ2v) is 8.02. The van der Waals surface area contributed by atoms with E-state index in [1.54, 1.807) is 0 Å². The van der Waals surface area contributed by atoms with Crippen LogP contribution in [0.1, 0.15) is 39.5 Å². The zero-order valence-electron chi connectivity index (χ0n) is 12.6. The summed E-state index contributed by atoms with van der Waals surface area (Å²) in [7, 11) is 1.92. The minimum absolute atomic E-state index is 0.00969. The fraction of sp³-hybridized carbons (Fsp3) is 0.933. The zero-order chi connectivity index (χ0) is 13.9. The van der Waals surface area contributed by atoms with E-state index in [0.717, 1.165) is 31.8 Å². The summed E-state index contributed by atoms with van der Waals surface area (Å²) >= 11 is 2.05. The zero-order valence-corrected chi connectivity index (χ0v) is 13.4. The first-order chi connectivity index (χ1) is 9.02. The van der Waals surface area contributed by atoms with E-state index in [4.69, 9.17) is 0 Å². The lowest BCUT2D eigenvalue weighted by Gasteiger charge is -2.30. The van der Waals surface area contributed by atoms with Gasteiger partial charge in [0.15, 0.2) is 0 Å². The maximum Gasteiger partial charge on any atom is 0.239 e. The van der Waals surface area contributed by atoms with Gasteiger partial charge in [-0.2, -0.15) is 11.8 Å². The third-order valence-corrected chi connectivity index (χ3v) is 5.64. The molecule has 0 radical (unpaired) electrons. The van der Waals surface area contributed by atoms with E-state index in [9.17, 15) is 4.79 Å². The Labute approximate surface area is 121 Å². The monoisotopic (exact) mass is 284 g/mol.